The second-order valence-corrected chi connectivity index (χ2v) is 6.53. The molecule has 0 radical (unpaired) electrons. The summed E-state index contributed by atoms with van der Waals surface area (Å²) < 4.78 is 10.7. The van der Waals surface area contributed by atoms with Gasteiger partial charge in [0.25, 0.3) is 11.1 Å². The first kappa shape index (κ1) is 17.8. The molecule has 2 amide bonds. The molecule has 132 valence electrons. The molecule has 1 fully saturated rings. The van der Waals surface area contributed by atoms with E-state index in [0.717, 1.165) is 17.3 Å². The predicted molar refractivity (Wildman–Crippen MR) is 98.2 cm³/mol. The van der Waals surface area contributed by atoms with Crippen LogP contribution in [0.15, 0.2) is 47.4 Å². The summed E-state index contributed by atoms with van der Waals surface area (Å²) in [5.41, 5.74) is 2.12. The monoisotopic (exact) mass is 369 g/mol. The lowest BCUT2D eigenvalue weighted by atomic mass is 10.1. The number of carbonyl (C=O) groups excluding carboxylic acids is 3. The quantitative estimate of drug-likeness (QED) is 0.504. The highest BCUT2D eigenvalue weighted by Crippen LogP contribution is 2.32. The molecular weight excluding hydrogens is 354 g/mol. The van der Waals surface area contributed by atoms with E-state index in [1.54, 1.807) is 36.4 Å². The van der Waals surface area contributed by atoms with Crippen molar-refractivity contribution in [2.75, 3.05) is 7.11 Å². The Morgan fingerprint density at radius 3 is 2.42 bits per heavy atom. The summed E-state index contributed by atoms with van der Waals surface area (Å²) in [6.45, 7) is 1.93. The third-order valence-corrected chi connectivity index (χ3v) is 4.43. The van der Waals surface area contributed by atoms with Crippen molar-refractivity contribution in [3.8, 4) is 11.5 Å². The molecule has 1 aliphatic rings. The lowest BCUT2D eigenvalue weighted by Gasteiger charge is -2.10. The smallest absolute Gasteiger partial charge is 0.343 e. The molecule has 2 aromatic carbocycles. The van der Waals surface area contributed by atoms with Crippen molar-refractivity contribution in [1.29, 1.82) is 0 Å². The van der Waals surface area contributed by atoms with Crippen LogP contribution in [-0.4, -0.2) is 24.2 Å². The number of aryl methyl sites for hydroxylation is 1. The standard InChI is InChI=1S/C19H15NO5S/c1-11-3-6-13(7-4-11)18(22)25-14-8-5-12(9-15(14)24-2)10-16-17(21)20-19(23)26-16/h3-10H,1-2H3,(H,20,21,23)/b16-10-. The molecule has 0 aliphatic carbocycles. The van der Waals surface area contributed by atoms with Crippen LogP contribution < -0.4 is 14.8 Å². The van der Waals surface area contributed by atoms with E-state index in [0.29, 0.717) is 21.8 Å². The molecule has 2 aromatic rings. The van der Waals surface area contributed by atoms with E-state index < -0.39 is 17.1 Å². The van der Waals surface area contributed by atoms with Gasteiger partial charge in [0.2, 0.25) is 0 Å². The zero-order valence-corrected chi connectivity index (χ0v) is 14.9. The zero-order chi connectivity index (χ0) is 18.7. The highest BCUT2D eigenvalue weighted by atomic mass is 32.2. The van der Waals surface area contributed by atoms with Crippen molar-refractivity contribution in [1.82, 2.24) is 5.32 Å². The van der Waals surface area contributed by atoms with E-state index in [1.165, 1.54) is 7.11 Å². The van der Waals surface area contributed by atoms with Crippen molar-refractivity contribution in [3.63, 3.8) is 0 Å². The second kappa shape index (κ2) is 7.45. The first-order valence-corrected chi connectivity index (χ1v) is 8.49. The fourth-order valence-electron chi connectivity index (χ4n) is 2.28. The van der Waals surface area contributed by atoms with Gasteiger partial charge in [-0.05, 0) is 54.6 Å². The topological polar surface area (TPSA) is 81.7 Å². The summed E-state index contributed by atoms with van der Waals surface area (Å²) in [4.78, 5) is 35.4. The Bertz CT molecular complexity index is 918. The molecule has 0 saturated carbocycles. The molecule has 0 spiro atoms. The number of carbonyl (C=O) groups is 3. The van der Waals surface area contributed by atoms with Crippen LogP contribution in [0.25, 0.3) is 6.08 Å². The van der Waals surface area contributed by atoms with Gasteiger partial charge in [-0.3, -0.25) is 14.9 Å². The van der Waals surface area contributed by atoms with E-state index in [-0.39, 0.29) is 5.75 Å². The Labute approximate surface area is 154 Å². The Balaban J connectivity index is 1.82. The van der Waals surface area contributed by atoms with Gasteiger partial charge < -0.3 is 9.47 Å². The van der Waals surface area contributed by atoms with E-state index in [2.05, 4.69) is 5.32 Å². The van der Waals surface area contributed by atoms with Gasteiger partial charge in [-0.2, -0.15) is 0 Å². The summed E-state index contributed by atoms with van der Waals surface area (Å²) >= 11 is 0.831. The maximum Gasteiger partial charge on any atom is 0.343 e. The first-order valence-electron chi connectivity index (χ1n) is 7.68. The minimum Gasteiger partial charge on any atom is -0.493 e. The Hall–Kier alpha value is -3.06. The second-order valence-electron chi connectivity index (χ2n) is 5.52. The Kier molecular flexibility index (Phi) is 5.09. The normalized spacial score (nSPS) is 15.1. The Morgan fingerprint density at radius 1 is 1.08 bits per heavy atom. The molecule has 0 aromatic heterocycles. The fourth-order valence-corrected chi connectivity index (χ4v) is 2.96. The summed E-state index contributed by atoms with van der Waals surface area (Å²) in [6, 6.07) is 11.9. The van der Waals surface area contributed by atoms with E-state index in [1.807, 2.05) is 19.1 Å². The lowest BCUT2D eigenvalue weighted by Crippen LogP contribution is -2.17. The zero-order valence-electron chi connectivity index (χ0n) is 14.1. The summed E-state index contributed by atoms with van der Waals surface area (Å²) in [5, 5.41) is 1.79. The van der Waals surface area contributed by atoms with E-state index >= 15 is 0 Å². The minimum atomic E-state index is -0.495. The maximum atomic E-state index is 12.3. The number of rotatable bonds is 4. The van der Waals surface area contributed by atoms with Gasteiger partial charge in [0, 0.05) is 0 Å². The van der Waals surface area contributed by atoms with Gasteiger partial charge in [-0.25, -0.2) is 4.79 Å². The van der Waals surface area contributed by atoms with Crippen molar-refractivity contribution in [3.05, 3.63) is 64.1 Å². The maximum absolute atomic E-state index is 12.3. The van der Waals surface area contributed by atoms with Crippen LogP contribution in [0, 0.1) is 6.92 Å². The molecule has 26 heavy (non-hydrogen) atoms. The van der Waals surface area contributed by atoms with Crippen LogP contribution >= 0.6 is 11.8 Å². The third-order valence-electron chi connectivity index (χ3n) is 3.62. The number of hydrogen-bond donors (Lipinski definition) is 1. The van der Waals surface area contributed by atoms with Crippen molar-refractivity contribution >= 4 is 35.0 Å². The van der Waals surface area contributed by atoms with Crippen LogP contribution in [0.4, 0.5) is 4.79 Å². The largest absolute Gasteiger partial charge is 0.493 e. The van der Waals surface area contributed by atoms with E-state index in [9.17, 15) is 14.4 Å². The summed E-state index contributed by atoms with van der Waals surface area (Å²) in [5.74, 6) is -0.325. The van der Waals surface area contributed by atoms with Crippen LogP contribution in [-0.2, 0) is 4.79 Å². The van der Waals surface area contributed by atoms with Gasteiger partial charge in [-0.1, -0.05) is 23.8 Å². The molecule has 1 saturated heterocycles. The molecule has 1 heterocycles. The first-order chi connectivity index (χ1) is 12.5. The fraction of sp³-hybridized carbons (Fsp3) is 0.105. The van der Waals surface area contributed by atoms with Crippen molar-refractivity contribution in [2.24, 2.45) is 0 Å². The number of methoxy groups -OCH3 is 1. The molecule has 0 unspecified atom stereocenters. The third kappa shape index (κ3) is 3.94. The van der Waals surface area contributed by atoms with Gasteiger partial charge >= 0.3 is 5.97 Å². The highest BCUT2D eigenvalue weighted by Gasteiger charge is 2.25. The van der Waals surface area contributed by atoms with Gasteiger partial charge in [-0.15, -0.1) is 0 Å². The van der Waals surface area contributed by atoms with Crippen molar-refractivity contribution < 1.29 is 23.9 Å². The van der Waals surface area contributed by atoms with E-state index in [4.69, 9.17) is 9.47 Å². The highest BCUT2D eigenvalue weighted by molar-refractivity contribution is 8.18. The lowest BCUT2D eigenvalue weighted by molar-refractivity contribution is -0.115. The molecule has 0 atom stereocenters. The molecule has 6 nitrogen and oxygen atoms in total. The molecular formula is C19H15NO5S. The average Bonchev–Trinajstić information content (AvgIpc) is 2.93. The summed E-state index contributed by atoms with van der Waals surface area (Å²) in [7, 11) is 1.45. The van der Waals surface area contributed by atoms with Crippen LogP contribution in [0.3, 0.4) is 0 Å². The Morgan fingerprint density at radius 2 is 1.81 bits per heavy atom. The number of thioether (sulfide) groups is 1. The number of nitrogens with one attached hydrogen (secondary N) is 1. The van der Waals surface area contributed by atoms with Crippen LogP contribution in [0.1, 0.15) is 21.5 Å². The minimum absolute atomic E-state index is 0.264. The number of imide groups is 1. The average molecular weight is 369 g/mol. The van der Waals surface area contributed by atoms with Gasteiger partial charge in [0.1, 0.15) is 0 Å². The van der Waals surface area contributed by atoms with Crippen molar-refractivity contribution in [2.45, 2.75) is 6.92 Å². The number of benzene rings is 2. The predicted octanol–water partition coefficient (Wildman–Crippen LogP) is 3.55. The summed E-state index contributed by atoms with van der Waals surface area (Å²) in [6.07, 6.45) is 1.57. The number of esters is 1. The van der Waals surface area contributed by atoms with Gasteiger partial charge in [0.05, 0.1) is 17.6 Å². The number of hydrogen-bond acceptors (Lipinski definition) is 6. The molecule has 0 bridgehead atoms. The number of ether oxygens (including phenoxy) is 2. The van der Waals surface area contributed by atoms with Crippen LogP contribution in [0.5, 0.6) is 11.5 Å². The van der Waals surface area contributed by atoms with Crippen LogP contribution in [0.2, 0.25) is 0 Å². The molecule has 3 rings (SSSR count). The SMILES string of the molecule is COc1cc(/C=C2\SC(=O)NC2=O)ccc1OC(=O)c1ccc(C)cc1. The van der Waals surface area contributed by atoms with Gasteiger partial charge in [0.15, 0.2) is 11.5 Å². The molecule has 1 aliphatic heterocycles. The number of amides is 2. The molecule has 1 N–H and O–H groups in total. The molecule has 7 heteroatoms.